The number of tetrazole rings is 1. The number of halogens is 3. The lowest BCUT2D eigenvalue weighted by Gasteiger charge is -2.39. The van der Waals surface area contributed by atoms with Crippen LogP contribution in [0.4, 0.5) is 23.7 Å². The van der Waals surface area contributed by atoms with E-state index in [1.54, 1.807) is 12.1 Å². The summed E-state index contributed by atoms with van der Waals surface area (Å²) < 4.78 is 73.9. The molecular formula is C20H16F3N6O7P. The number of nitrogens with zero attached hydrogens (tertiary/aromatic N) is 6. The molecule has 1 N–H and O–H groups in total. The van der Waals surface area contributed by atoms with Crippen LogP contribution in [0.25, 0.3) is 22.6 Å². The van der Waals surface area contributed by atoms with Crippen LogP contribution in [-0.4, -0.2) is 60.6 Å². The monoisotopic (exact) mass is 540 g/mol. The number of carbonyl (C=O) groups is 1. The second kappa shape index (κ2) is 8.03. The van der Waals surface area contributed by atoms with E-state index in [0.717, 1.165) is 12.5 Å². The van der Waals surface area contributed by atoms with Crippen molar-refractivity contribution in [2.45, 2.75) is 44.1 Å². The van der Waals surface area contributed by atoms with Gasteiger partial charge in [-0.2, -0.15) is 4.80 Å². The fourth-order valence-electron chi connectivity index (χ4n) is 4.26. The lowest BCUT2D eigenvalue weighted by Crippen LogP contribution is -2.65. The van der Waals surface area contributed by atoms with Crippen molar-refractivity contribution in [3.63, 3.8) is 0 Å². The third-order valence-electron chi connectivity index (χ3n) is 5.89. The summed E-state index contributed by atoms with van der Waals surface area (Å²) in [6.45, 7) is 2.56. The number of amides is 1. The Labute approximate surface area is 205 Å². The second-order valence-electron chi connectivity index (χ2n) is 8.26. The largest absolute Gasteiger partial charge is 0.486 e. The van der Waals surface area contributed by atoms with E-state index in [1.165, 1.54) is 23.1 Å². The summed E-state index contributed by atoms with van der Waals surface area (Å²) in [7, 11) is -4.36. The zero-order valence-electron chi connectivity index (χ0n) is 18.7. The van der Waals surface area contributed by atoms with Crippen LogP contribution < -0.4 is 4.90 Å². The number of phosphoric acid groups is 1. The SMILES string of the molecule is CCCn1nnc(-c2ccc(-c3ccc(N4C(=O)O[C@]5([C@@H](O)C(F)F)OP6(=O)OC45O6)cc3F)cn2)n1. The number of aliphatic hydroxyl groups is 1. The Morgan fingerprint density at radius 2 is 1.97 bits per heavy atom. The van der Waals surface area contributed by atoms with E-state index >= 15 is 4.39 Å². The average Bonchev–Trinajstić information content (AvgIpc) is 3.52. The van der Waals surface area contributed by atoms with Gasteiger partial charge in [-0.25, -0.2) is 41.0 Å². The lowest BCUT2D eigenvalue weighted by molar-refractivity contribution is -0.297. The van der Waals surface area contributed by atoms with Gasteiger partial charge in [-0.3, -0.25) is 4.98 Å². The summed E-state index contributed by atoms with van der Waals surface area (Å²) in [5.74, 6) is -6.10. The summed E-state index contributed by atoms with van der Waals surface area (Å²) in [4.78, 5) is 18.8. The van der Waals surface area contributed by atoms with E-state index in [4.69, 9.17) is 18.3 Å². The number of benzene rings is 1. The predicted octanol–water partition coefficient (Wildman–Crippen LogP) is 3.07. The Kier molecular flexibility index (Phi) is 5.20. The highest BCUT2D eigenvalue weighted by molar-refractivity contribution is 7.50. The minimum atomic E-state index is -4.36. The molecule has 4 saturated heterocycles. The molecule has 0 radical (unpaired) electrons. The van der Waals surface area contributed by atoms with Crippen molar-refractivity contribution < 1.29 is 45.9 Å². The highest BCUT2D eigenvalue weighted by Crippen LogP contribution is 2.81. The molecule has 1 aromatic carbocycles. The zero-order chi connectivity index (χ0) is 26.2. The van der Waals surface area contributed by atoms with E-state index in [0.29, 0.717) is 28.5 Å². The molecular weight excluding hydrogens is 524 g/mol. The fourth-order valence-corrected chi connectivity index (χ4v) is 5.97. The van der Waals surface area contributed by atoms with Gasteiger partial charge in [-0.1, -0.05) is 13.0 Å². The van der Waals surface area contributed by atoms with Gasteiger partial charge >= 0.3 is 25.6 Å². The van der Waals surface area contributed by atoms with Gasteiger partial charge in [0.25, 0.3) is 6.43 Å². The number of ether oxygens (including phenoxy) is 1. The van der Waals surface area contributed by atoms with Crippen LogP contribution in [-0.2, 0) is 29.4 Å². The number of hydrogen-bond acceptors (Lipinski definition) is 11. The molecule has 6 heterocycles. The summed E-state index contributed by atoms with van der Waals surface area (Å²) >= 11 is 0. The van der Waals surface area contributed by atoms with Crippen molar-refractivity contribution in [2.24, 2.45) is 0 Å². The van der Waals surface area contributed by atoms with Crippen LogP contribution in [0.5, 0.6) is 0 Å². The number of aryl methyl sites for hydroxylation is 1. The van der Waals surface area contributed by atoms with Gasteiger partial charge < -0.3 is 9.84 Å². The summed E-state index contributed by atoms with van der Waals surface area (Å²) in [5.41, 5.74) is 0.606. The maximum atomic E-state index is 15.2. The van der Waals surface area contributed by atoms with Crippen LogP contribution in [0.15, 0.2) is 36.5 Å². The van der Waals surface area contributed by atoms with E-state index in [1.807, 2.05) is 6.92 Å². The molecule has 37 heavy (non-hydrogen) atoms. The number of alkyl halides is 2. The number of rotatable bonds is 7. The maximum Gasteiger partial charge on any atom is 0.486 e. The molecule has 2 aromatic heterocycles. The normalized spacial score (nSPS) is 28.8. The number of hydrogen-bond donors (Lipinski definition) is 1. The number of anilines is 1. The van der Waals surface area contributed by atoms with E-state index in [-0.39, 0.29) is 11.3 Å². The third kappa shape index (κ3) is 3.33. The van der Waals surface area contributed by atoms with Crippen molar-refractivity contribution in [1.82, 2.24) is 25.2 Å². The Morgan fingerprint density at radius 1 is 1.19 bits per heavy atom. The van der Waals surface area contributed by atoms with Crippen LogP contribution in [0.1, 0.15) is 13.3 Å². The number of aliphatic hydroxyl groups excluding tert-OH is 1. The molecule has 4 aliphatic rings. The van der Waals surface area contributed by atoms with Gasteiger partial charge in [-0.15, -0.1) is 10.2 Å². The van der Waals surface area contributed by atoms with E-state index in [9.17, 15) is 23.2 Å². The quantitative estimate of drug-likeness (QED) is 0.440. The van der Waals surface area contributed by atoms with Crippen LogP contribution in [0, 0.1) is 5.82 Å². The van der Waals surface area contributed by atoms with Crippen molar-refractivity contribution >= 4 is 19.6 Å². The molecule has 194 valence electrons. The van der Waals surface area contributed by atoms with Crippen molar-refractivity contribution in [3.05, 3.63) is 42.3 Å². The van der Waals surface area contributed by atoms with Crippen LogP contribution in [0.2, 0.25) is 0 Å². The standard InChI is InChI=1S/C20H16F3N6O7P/c1-2-7-28-26-17(25-27-28)14-6-3-10(9-24-14)12-5-4-11(8-13(12)21)29-18(31)33-19(15(30)16(22)23)20(29)35-37(32,34-19)36-20/h3-6,8-9,15-16,30H,2,7H2,1H3/t15-,19+,20?,37?/m0/s1. The first kappa shape index (κ1) is 23.9. The highest BCUT2D eigenvalue weighted by Gasteiger charge is 2.92. The molecule has 7 rings (SSSR count). The van der Waals surface area contributed by atoms with Crippen LogP contribution in [0.3, 0.4) is 0 Å². The topological polar surface area (TPSA) is 151 Å². The molecule has 4 fully saturated rings. The summed E-state index contributed by atoms with van der Waals surface area (Å²) in [5, 5.41) is 22.1. The minimum absolute atomic E-state index is 0.0816. The molecule has 0 saturated carbocycles. The molecule has 0 unspecified atom stereocenters. The zero-order valence-corrected chi connectivity index (χ0v) is 19.6. The first-order valence-electron chi connectivity index (χ1n) is 10.9. The Balaban J connectivity index is 1.30. The fraction of sp³-hybridized carbons (Fsp3) is 0.350. The van der Waals surface area contributed by atoms with Gasteiger partial charge in [0.15, 0.2) is 6.10 Å². The smallest absolute Gasteiger partial charge is 0.404 e. The second-order valence-corrected chi connectivity index (χ2v) is 9.70. The summed E-state index contributed by atoms with van der Waals surface area (Å²) in [6.07, 6.45) is -5.39. The van der Waals surface area contributed by atoms with Crippen molar-refractivity contribution in [1.29, 1.82) is 0 Å². The first-order chi connectivity index (χ1) is 17.6. The average molecular weight is 540 g/mol. The molecule has 4 aliphatic heterocycles. The molecule has 3 aromatic rings. The molecule has 13 nitrogen and oxygen atoms in total. The van der Waals surface area contributed by atoms with Gasteiger partial charge in [0.2, 0.25) is 5.82 Å². The number of phosphoric ester groups is 1. The summed E-state index contributed by atoms with van der Waals surface area (Å²) in [6, 6.07) is 6.58. The number of aromatic nitrogens is 5. The Bertz CT molecular complexity index is 1450. The Hall–Kier alpha value is -3.43. The van der Waals surface area contributed by atoms with Gasteiger partial charge in [0, 0.05) is 17.3 Å². The Morgan fingerprint density at radius 3 is 2.62 bits per heavy atom. The molecule has 2 atom stereocenters. The van der Waals surface area contributed by atoms with Gasteiger partial charge in [0.1, 0.15) is 11.5 Å². The van der Waals surface area contributed by atoms with Crippen molar-refractivity contribution in [2.75, 3.05) is 4.90 Å². The molecule has 0 aliphatic carbocycles. The van der Waals surface area contributed by atoms with E-state index in [2.05, 4.69) is 20.4 Å². The van der Waals surface area contributed by atoms with Gasteiger partial charge in [-0.05, 0) is 35.9 Å². The molecule has 2 bridgehead atoms. The minimum Gasteiger partial charge on any atom is -0.404 e. The first-order valence-corrected chi connectivity index (χ1v) is 12.3. The van der Waals surface area contributed by atoms with Crippen molar-refractivity contribution in [3.8, 4) is 22.6 Å². The van der Waals surface area contributed by atoms with Gasteiger partial charge in [0.05, 0.1) is 12.2 Å². The molecule has 17 heteroatoms. The molecule has 1 spiro atoms. The van der Waals surface area contributed by atoms with Crippen LogP contribution >= 0.6 is 7.82 Å². The predicted molar refractivity (Wildman–Crippen MR) is 114 cm³/mol. The maximum absolute atomic E-state index is 15.2. The number of carbonyl (C=O) groups excluding carboxylic acids is 1. The highest BCUT2D eigenvalue weighted by atomic mass is 31.2. The number of pyridine rings is 1. The molecule has 1 amide bonds. The van der Waals surface area contributed by atoms with E-state index < -0.39 is 44.0 Å². The lowest BCUT2D eigenvalue weighted by atomic mass is 10.0. The third-order valence-corrected chi connectivity index (χ3v) is 7.33.